The first kappa shape index (κ1) is 20.2. The van der Waals surface area contributed by atoms with Crippen molar-refractivity contribution in [3.8, 4) is 6.07 Å². The zero-order valence-electron chi connectivity index (χ0n) is 16.6. The average molecular weight is 362 g/mol. The third-order valence-corrected chi connectivity index (χ3v) is 4.62. The maximum absolute atomic E-state index is 13.1. The van der Waals surface area contributed by atoms with Gasteiger partial charge in [-0.1, -0.05) is 18.2 Å². The van der Waals surface area contributed by atoms with Gasteiger partial charge in [-0.05, 0) is 56.2 Å². The molecule has 140 valence electrons. The van der Waals surface area contributed by atoms with Crippen LogP contribution in [0.4, 0.5) is 11.4 Å². The number of Topliss-reactive ketones (excluding diaryl/α,β-unsaturated/α-hetero) is 1. The summed E-state index contributed by atoms with van der Waals surface area (Å²) in [5, 5.41) is 9.64. The van der Waals surface area contributed by atoms with E-state index in [1.165, 1.54) is 0 Å². The maximum Gasteiger partial charge on any atom is 0.200 e. The van der Waals surface area contributed by atoms with Gasteiger partial charge in [0.2, 0.25) is 0 Å². The van der Waals surface area contributed by atoms with Crippen LogP contribution in [-0.4, -0.2) is 43.7 Å². The minimum atomic E-state index is -0.883. The lowest BCUT2D eigenvalue weighted by Gasteiger charge is -2.24. The normalized spacial score (nSPS) is 11.9. The summed E-state index contributed by atoms with van der Waals surface area (Å²) in [5.74, 6) is -0.203. The number of aliphatic imine (C=N–C) groups is 1. The molecular formula is C22H26N4O. The van der Waals surface area contributed by atoms with Crippen molar-refractivity contribution < 1.29 is 4.79 Å². The molecule has 5 nitrogen and oxygen atoms in total. The Bertz CT molecular complexity index is 868. The minimum Gasteiger partial charge on any atom is -0.366 e. The number of likely N-dealkylation sites (N-methyl/N-ethyl adjacent to an activating group) is 1. The van der Waals surface area contributed by atoms with Crippen molar-refractivity contribution in [2.75, 3.05) is 25.5 Å². The molecule has 0 radical (unpaired) electrons. The van der Waals surface area contributed by atoms with Crippen LogP contribution >= 0.6 is 0 Å². The summed E-state index contributed by atoms with van der Waals surface area (Å²) in [6.45, 7) is 6.73. The first-order valence-electron chi connectivity index (χ1n) is 8.96. The number of rotatable bonds is 7. The number of anilines is 1. The van der Waals surface area contributed by atoms with Gasteiger partial charge in [-0.15, -0.1) is 0 Å². The fourth-order valence-corrected chi connectivity index (χ4v) is 2.73. The zero-order valence-corrected chi connectivity index (χ0v) is 16.6. The molecule has 0 aliphatic rings. The number of carbonyl (C=O) groups is 1. The van der Waals surface area contributed by atoms with Crippen LogP contribution in [0.5, 0.6) is 0 Å². The highest BCUT2D eigenvalue weighted by Crippen LogP contribution is 2.25. The predicted molar refractivity (Wildman–Crippen MR) is 111 cm³/mol. The zero-order chi connectivity index (χ0) is 20.0. The highest BCUT2D eigenvalue weighted by Gasteiger charge is 2.26. The fourth-order valence-electron chi connectivity index (χ4n) is 2.73. The van der Waals surface area contributed by atoms with Crippen LogP contribution in [0.25, 0.3) is 0 Å². The van der Waals surface area contributed by atoms with Gasteiger partial charge in [0.15, 0.2) is 11.8 Å². The second-order valence-electron chi connectivity index (χ2n) is 6.61. The van der Waals surface area contributed by atoms with E-state index in [0.717, 1.165) is 29.0 Å². The average Bonchev–Trinajstić information content (AvgIpc) is 2.68. The van der Waals surface area contributed by atoms with Crippen LogP contribution in [-0.2, 0) is 0 Å². The van der Waals surface area contributed by atoms with Crippen LogP contribution in [0.15, 0.2) is 47.5 Å². The molecule has 0 amide bonds. The highest BCUT2D eigenvalue weighted by atomic mass is 16.1. The Balaban J connectivity index is 2.33. The van der Waals surface area contributed by atoms with E-state index in [2.05, 4.69) is 18.0 Å². The molecule has 1 unspecified atom stereocenters. The molecule has 0 aromatic heterocycles. The summed E-state index contributed by atoms with van der Waals surface area (Å²) in [7, 11) is 3.73. The third-order valence-electron chi connectivity index (χ3n) is 4.62. The molecule has 2 rings (SSSR count). The van der Waals surface area contributed by atoms with Gasteiger partial charge < -0.3 is 9.80 Å². The lowest BCUT2D eigenvalue weighted by molar-refractivity contribution is 0.0978. The standard InChI is InChI=1S/C22H26N4O/c1-6-25(4)15-24-20-13-16(2)19(12-17(20)3)22(27)21(14-23)26(5)18-10-8-7-9-11-18/h7-13,15,21H,6H2,1-5H3/b24-15-. The van der Waals surface area contributed by atoms with E-state index in [9.17, 15) is 10.1 Å². The Morgan fingerprint density at radius 3 is 2.44 bits per heavy atom. The predicted octanol–water partition coefficient (Wildman–Crippen LogP) is 4.13. The van der Waals surface area contributed by atoms with E-state index in [-0.39, 0.29) is 5.78 Å². The van der Waals surface area contributed by atoms with E-state index in [4.69, 9.17) is 0 Å². The molecule has 0 fully saturated rings. The summed E-state index contributed by atoms with van der Waals surface area (Å²) in [6, 6.07) is 14.5. The van der Waals surface area contributed by atoms with Crippen molar-refractivity contribution in [2.24, 2.45) is 4.99 Å². The number of para-hydroxylation sites is 1. The summed E-state index contributed by atoms with van der Waals surface area (Å²) in [6.07, 6.45) is 1.78. The van der Waals surface area contributed by atoms with Gasteiger partial charge in [-0.3, -0.25) is 4.79 Å². The molecule has 5 heteroatoms. The highest BCUT2D eigenvalue weighted by molar-refractivity contribution is 6.05. The van der Waals surface area contributed by atoms with Crippen molar-refractivity contribution >= 4 is 23.5 Å². The summed E-state index contributed by atoms with van der Waals surface area (Å²) < 4.78 is 0. The Morgan fingerprint density at radius 1 is 1.19 bits per heavy atom. The van der Waals surface area contributed by atoms with Crippen LogP contribution in [0, 0.1) is 25.2 Å². The monoisotopic (exact) mass is 362 g/mol. The topological polar surface area (TPSA) is 59.7 Å². The second kappa shape index (κ2) is 9.00. The van der Waals surface area contributed by atoms with Gasteiger partial charge in [0.1, 0.15) is 0 Å². The summed E-state index contributed by atoms with van der Waals surface area (Å²) >= 11 is 0. The smallest absolute Gasteiger partial charge is 0.200 e. The summed E-state index contributed by atoms with van der Waals surface area (Å²) in [5.41, 5.74) is 3.94. The van der Waals surface area contributed by atoms with Crippen LogP contribution < -0.4 is 4.90 Å². The quantitative estimate of drug-likeness (QED) is 0.422. The van der Waals surface area contributed by atoms with Gasteiger partial charge >= 0.3 is 0 Å². The maximum atomic E-state index is 13.1. The van der Waals surface area contributed by atoms with Crippen molar-refractivity contribution in [3.63, 3.8) is 0 Å². The van der Waals surface area contributed by atoms with Crippen LogP contribution in [0.3, 0.4) is 0 Å². The lowest BCUT2D eigenvalue weighted by atomic mass is 9.96. The Morgan fingerprint density at radius 2 is 1.85 bits per heavy atom. The second-order valence-corrected chi connectivity index (χ2v) is 6.61. The molecular weight excluding hydrogens is 336 g/mol. The number of nitriles is 1. The molecule has 27 heavy (non-hydrogen) atoms. The fraction of sp³-hybridized carbons (Fsp3) is 0.318. The number of carbonyl (C=O) groups excluding carboxylic acids is 1. The molecule has 0 saturated carbocycles. The molecule has 1 atom stereocenters. The Hall–Kier alpha value is -3.13. The van der Waals surface area contributed by atoms with Crippen molar-refractivity contribution in [1.82, 2.24) is 4.90 Å². The first-order valence-corrected chi connectivity index (χ1v) is 8.96. The number of benzene rings is 2. The van der Waals surface area contributed by atoms with Crippen LogP contribution in [0.2, 0.25) is 0 Å². The Labute approximate surface area is 161 Å². The lowest BCUT2D eigenvalue weighted by Crippen LogP contribution is -2.37. The van der Waals surface area contributed by atoms with Crippen molar-refractivity contribution in [3.05, 3.63) is 59.2 Å². The minimum absolute atomic E-state index is 0.203. The van der Waals surface area contributed by atoms with E-state index < -0.39 is 6.04 Å². The molecule has 2 aromatic carbocycles. The number of aryl methyl sites for hydroxylation is 2. The van der Waals surface area contributed by atoms with Crippen molar-refractivity contribution in [2.45, 2.75) is 26.8 Å². The summed E-state index contributed by atoms with van der Waals surface area (Å²) in [4.78, 5) is 21.3. The first-order chi connectivity index (χ1) is 12.9. The molecule has 0 saturated heterocycles. The molecule has 0 spiro atoms. The van der Waals surface area contributed by atoms with Gasteiger partial charge in [-0.2, -0.15) is 5.26 Å². The van der Waals surface area contributed by atoms with E-state index in [1.807, 2.05) is 68.3 Å². The number of nitrogens with zero attached hydrogens (tertiary/aromatic N) is 4. The van der Waals surface area contributed by atoms with Gasteiger partial charge in [0, 0.05) is 31.9 Å². The van der Waals surface area contributed by atoms with Crippen LogP contribution in [0.1, 0.15) is 28.4 Å². The largest absolute Gasteiger partial charge is 0.366 e. The molecule has 0 heterocycles. The Kier molecular flexibility index (Phi) is 6.73. The van der Waals surface area contributed by atoms with E-state index in [0.29, 0.717) is 5.56 Å². The van der Waals surface area contributed by atoms with E-state index in [1.54, 1.807) is 18.3 Å². The third kappa shape index (κ3) is 4.73. The number of hydrogen-bond donors (Lipinski definition) is 0. The SMILES string of the molecule is CCN(C)/C=N\c1cc(C)c(C(=O)C(C#N)N(C)c2ccccc2)cc1C. The van der Waals surface area contributed by atoms with E-state index >= 15 is 0 Å². The number of ketones is 1. The molecule has 0 N–H and O–H groups in total. The van der Waals surface area contributed by atoms with Gasteiger partial charge in [0.25, 0.3) is 0 Å². The van der Waals surface area contributed by atoms with Crippen molar-refractivity contribution in [1.29, 1.82) is 5.26 Å². The molecule has 2 aromatic rings. The molecule has 0 bridgehead atoms. The molecule has 0 aliphatic carbocycles. The molecule has 0 aliphatic heterocycles. The van der Waals surface area contributed by atoms with Gasteiger partial charge in [0.05, 0.1) is 18.1 Å². The van der Waals surface area contributed by atoms with Gasteiger partial charge in [-0.25, -0.2) is 4.99 Å². The number of hydrogen-bond acceptors (Lipinski definition) is 4.